The maximum Gasteiger partial charge on any atom is 0.416 e. The topological polar surface area (TPSA) is 110 Å². The normalized spacial score (nSPS) is 31.6. The van der Waals surface area contributed by atoms with Gasteiger partial charge in [0, 0.05) is 12.2 Å². The van der Waals surface area contributed by atoms with E-state index in [1.54, 1.807) is 0 Å². The average molecular weight is 611 g/mol. The molecule has 0 aromatic carbocycles. The lowest BCUT2D eigenvalue weighted by atomic mass is 9.83. The van der Waals surface area contributed by atoms with Crippen molar-refractivity contribution >= 4 is 17.9 Å². The summed E-state index contributed by atoms with van der Waals surface area (Å²) in [6, 6.07) is 0. The van der Waals surface area contributed by atoms with Crippen LogP contribution in [0.4, 0.5) is 26.3 Å². The third kappa shape index (κ3) is 8.68. The summed E-state index contributed by atoms with van der Waals surface area (Å²) in [5.41, 5.74) is -5.26. The Morgan fingerprint density at radius 1 is 0.833 bits per heavy atom. The Bertz CT molecular complexity index is 1070. The Morgan fingerprint density at radius 2 is 1.36 bits per heavy atom. The lowest BCUT2D eigenvalue weighted by Crippen LogP contribution is -2.44. The van der Waals surface area contributed by atoms with Gasteiger partial charge in [0.15, 0.2) is 11.2 Å². The molecule has 0 radical (unpaired) electrons. The number of hydrogen-bond acceptors (Lipinski definition) is 7. The van der Waals surface area contributed by atoms with Gasteiger partial charge in [-0.3, -0.25) is 4.79 Å². The van der Waals surface area contributed by atoms with E-state index in [9.17, 15) is 50.9 Å². The molecule has 0 spiro atoms. The molecule has 4 aliphatic carbocycles. The van der Waals surface area contributed by atoms with E-state index in [1.807, 2.05) is 12.2 Å². The maximum absolute atomic E-state index is 12.5. The van der Waals surface area contributed by atoms with Crippen molar-refractivity contribution in [2.75, 3.05) is 6.61 Å². The van der Waals surface area contributed by atoms with Gasteiger partial charge in [-0.2, -0.15) is 26.3 Å². The number of ether oxygens (including phenoxy) is 2. The van der Waals surface area contributed by atoms with Crippen molar-refractivity contribution in [2.45, 2.75) is 82.3 Å². The average Bonchev–Trinajstić information content (AvgIpc) is 3.69. The second-order valence-electron chi connectivity index (χ2n) is 12.0. The van der Waals surface area contributed by atoms with Crippen LogP contribution in [0.3, 0.4) is 0 Å². The first-order valence-corrected chi connectivity index (χ1v) is 13.8. The highest BCUT2D eigenvalue weighted by Gasteiger charge is 2.53. The quantitative estimate of drug-likeness (QED) is 0.131. The molecule has 42 heavy (non-hydrogen) atoms. The van der Waals surface area contributed by atoms with Gasteiger partial charge in [-0.05, 0) is 88.4 Å². The summed E-state index contributed by atoms with van der Waals surface area (Å²) >= 11 is 0. The van der Waals surface area contributed by atoms with Crippen LogP contribution in [0, 0.1) is 35.5 Å². The first-order chi connectivity index (χ1) is 19.3. The SMILES string of the molecule is CC(O)(CC1CC2C=CC1C2)C(F)(F)F.CC(O)(CCCOC(=O)C1CC2C=CC1C2)C(F)(F)F.O=C1C=CC(=O)O1. The fourth-order valence-electron chi connectivity index (χ4n) is 5.95. The number of hydrogen-bond donors (Lipinski definition) is 2. The number of rotatable bonds is 7. The fourth-order valence-corrected chi connectivity index (χ4v) is 5.95. The van der Waals surface area contributed by atoms with Crippen LogP contribution in [0.2, 0.25) is 0 Å². The molecule has 0 amide bonds. The Hall–Kier alpha value is -2.67. The number of halogens is 6. The van der Waals surface area contributed by atoms with Crippen LogP contribution in [0.15, 0.2) is 36.5 Å². The van der Waals surface area contributed by atoms with Gasteiger partial charge in [0.2, 0.25) is 0 Å². The number of allylic oxidation sites excluding steroid dienone is 4. The third-order valence-corrected chi connectivity index (χ3v) is 8.49. The van der Waals surface area contributed by atoms with Crippen molar-refractivity contribution in [2.24, 2.45) is 35.5 Å². The minimum absolute atomic E-state index is 0.00313. The molecule has 8 atom stereocenters. The van der Waals surface area contributed by atoms with Crippen molar-refractivity contribution in [3.05, 3.63) is 36.5 Å². The van der Waals surface area contributed by atoms with Crippen molar-refractivity contribution in [3.8, 4) is 0 Å². The van der Waals surface area contributed by atoms with Crippen LogP contribution in [-0.2, 0) is 23.9 Å². The zero-order valence-corrected chi connectivity index (χ0v) is 23.3. The molecule has 1 heterocycles. The molecule has 5 rings (SSSR count). The molecule has 0 saturated heterocycles. The van der Waals surface area contributed by atoms with Gasteiger partial charge in [-0.15, -0.1) is 0 Å². The van der Waals surface area contributed by atoms with E-state index in [1.165, 1.54) is 0 Å². The summed E-state index contributed by atoms with van der Waals surface area (Å²) in [6.45, 7) is 1.53. The van der Waals surface area contributed by atoms with E-state index in [2.05, 4.69) is 16.9 Å². The molecule has 236 valence electrons. The second kappa shape index (κ2) is 12.9. The summed E-state index contributed by atoms with van der Waals surface area (Å²) in [4.78, 5) is 31.7. The Morgan fingerprint density at radius 3 is 1.74 bits per heavy atom. The summed E-state index contributed by atoms with van der Waals surface area (Å²) in [6.07, 6.45) is 4.10. The Balaban J connectivity index is 0.000000192. The largest absolute Gasteiger partial charge is 0.465 e. The van der Waals surface area contributed by atoms with Gasteiger partial charge < -0.3 is 19.7 Å². The number of carbonyl (C=O) groups is 3. The number of cyclic esters (lactones) is 2. The summed E-state index contributed by atoms with van der Waals surface area (Å²) < 4.78 is 83.6. The molecule has 13 heteroatoms. The Labute approximate surface area is 239 Å². The smallest absolute Gasteiger partial charge is 0.416 e. The molecule has 4 bridgehead atoms. The number of esters is 3. The first kappa shape index (κ1) is 33.8. The molecular formula is C29H36F6O7. The molecule has 0 aromatic rings. The zero-order valence-electron chi connectivity index (χ0n) is 23.3. The van der Waals surface area contributed by atoms with E-state index in [0.717, 1.165) is 51.7 Å². The first-order valence-electron chi connectivity index (χ1n) is 13.8. The van der Waals surface area contributed by atoms with Gasteiger partial charge in [-0.25, -0.2) is 9.59 Å². The van der Waals surface area contributed by atoms with E-state index < -0.39 is 41.9 Å². The van der Waals surface area contributed by atoms with Crippen LogP contribution in [0.1, 0.15) is 58.8 Å². The molecular weight excluding hydrogens is 574 g/mol. The number of fused-ring (bicyclic) bond motifs is 4. The Kier molecular flexibility index (Phi) is 10.4. The standard InChI is InChI=1S/C14H19F3O3.C11H15F3O.C4H2O3/c1-13(19,14(15,16)17)5-2-6-20-12(18)11-8-9-3-4-10(11)7-9;1-10(15,11(12,13)14)6-9-5-7-2-3-8(9)4-7;5-3-1-2-4(6)7-3/h3-4,9-11,19H,2,5-8H2,1H3;2-3,7-9,15H,4-6H2,1H3;1-2H. The molecule has 0 aromatic heterocycles. The monoisotopic (exact) mass is 610 g/mol. The molecule has 2 N–H and O–H groups in total. The van der Waals surface area contributed by atoms with E-state index >= 15 is 0 Å². The van der Waals surface area contributed by atoms with Crippen molar-refractivity contribution in [1.29, 1.82) is 0 Å². The number of aliphatic hydroxyl groups is 2. The van der Waals surface area contributed by atoms with Gasteiger partial charge in [0.05, 0.1) is 12.5 Å². The van der Waals surface area contributed by atoms with Gasteiger partial charge in [0.1, 0.15) is 0 Å². The zero-order chi connectivity index (χ0) is 31.5. The minimum atomic E-state index is -4.66. The van der Waals surface area contributed by atoms with Crippen LogP contribution < -0.4 is 0 Å². The van der Waals surface area contributed by atoms with Crippen LogP contribution in [0.25, 0.3) is 0 Å². The fraction of sp³-hybridized carbons (Fsp3) is 0.690. The highest BCUT2D eigenvalue weighted by atomic mass is 19.4. The molecule has 1 aliphatic heterocycles. The predicted molar refractivity (Wildman–Crippen MR) is 136 cm³/mol. The lowest BCUT2D eigenvalue weighted by Gasteiger charge is -2.31. The van der Waals surface area contributed by atoms with E-state index in [0.29, 0.717) is 11.8 Å². The number of carbonyl (C=O) groups excluding carboxylic acids is 3. The van der Waals surface area contributed by atoms with Gasteiger partial charge in [0.25, 0.3) is 0 Å². The molecule has 7 nitrogen and oxygen atoms in total. The second-order valence-corrected chi connectivity index (χ2v) is 12.0. The van der Waals surface area contributed by atoms with Crippen LogP contribution in [-0.4, -0.2) is 58.3 Å². The van der Waals surface area contributed by atoms with Gasteiger partial charge in [-0.1, -0.05) is 24.3 Å². The van der Waals surface area contributed by atoms with E-state index in [4.69, 9.17) is 4.74 Å². The maximum atomic E-state index is 12.5. The molecule has 2 fully saturated rings. The predicted octanol–water partition coefficient (Wildman–Crippen LogP) is 5.36. The van der Waals surface area contributed by atoms with Gasteiger partial charge >= 0.3 is 30.3 Å². The molecule has 5 aliphatic rings. The highest BCUT2D eigenvalue weighted by Crippen LogP contribution is 2.49. The highest BCUT2D eigenvalue weighted by molar-refractivity contribution is 6.04. The molecule has 2 saturated carbocycles. The van der Waals surface area contributed by atoms with Crippen molar-refractivity contribution in [3.63, 3.8) is 0 Å². The third-order valence-electron chi connectivity index (χ3n) is 8.49. The lowest BCUT2D eigenvalue weighted by molar-refractivity contribution is -0.259. The van der Waals surface area contributed by atoms with Crippen molar-refractivity contribution < 1.29 is 60.4 Å². The van der Waals surface area contributed by atoms with E-state index in [-0.39, 0.29) is 49.1 Å². The summed E-state index contributed by atoms with van der Waals surface area (Å²) in [5, 5.41) is 18.6. The number of alkyl halides is 6. The van der Waals surface area contributed by atoms with Crippen molar-refractivity contribution in [1.82, 2.24) is 0 Å². The molecule has 8 unspecified atom stereocenters. The minimum Gasteiger partial charge on any atom is -0.465 e. The summed E-state index contributed by atoms with van der Waals surface area (Å²) in [7, 11) is 0. The van der Waals surface area contributed by atoms with Crippen LogP contribution >= 0.6 is 0 Å². The summed E-state index contributed by atoms with van der Waals surface area (Å²) in [5.74, 6) is -0.254. The van der Waals surface area contributed by atoms with Crippen LogP contribution in [0.5, 0.6) is 0 Å².